The molecule has 0 aromatic carbocycles. The summed E-state index contributed by atoms with van der Waals surface area (Å²) in [6, 6.07) is -0.398. The lowest BCUT2D eigenvalue weighted by Crippen LogP contribution is -2.68. The van der Waals surface area contributed by atoms with Crippen molar-refractivity contribution in [3.8, 4) is 0 Å². The monoisotopic (exact) mass is 240 g/mol. The second-order valence-corrected chi connectivity index (χ2v) is 5.39. The molecule has 1 rings (SSSR count). The number of piperazine rings is 1. The SMILES string of the molecule is CCC(CC)CN1C(=O)C(C)NC(=O)C1(C)C. The molecule has 0 radical (unpaired) electrons. The average Bonchev–Trinajstić information content (AvgIpc) is 2.27. The molecule has 1 saturated heterocycles. The third-order valence-corrected chi connectivity index (χ3v) is 3.81. The van der Waals surface area contributed by atoms with Crippen LogP contribution in [0.5, 0.6) is 0 Å². The maximum absolute atomic E-state index is 12.2. The highest BCUT2D eigenvalue weighted by Crippen LogP contribution is 2.24. The number of nitrogens with one attached hydrogen (secondary N) is 1. The molecule has 1 aliphatic rings. The Bertz CT molecular complexity index is 309. The first kappa shape index (κ1) is 14.0. The van der Waals surface area contributed by atoms with Crippen molar-refractivity contribution in [2.24, 2.45) is 5.92 Å². The molecule has 0 spiro atoms. The molecule has 1 atom stereocenters. The van der Waals surface area contributed by atoms with Gasteiger partial charge in [-0.1, -0.05) is 26.7 Å². The molecule has 2 amide bonds. The van der Waals surface area contributed by atoms with Crippen LogP contribution in [0.15, 0.2) is 0 Å². The fourth-order valence-electron chi connectivity index (χ4n) is 2.19. The van der Waals surface area contributed by atoms with Crippen LogP contribution in [0, 0.1) is 5.92 Å². The molecule has 17 heavy (non-hydrogen) atoms. The van der Waals surface area contributed by atoms with Crippen LogP contribution in [0.1, 0.15) is 47.5 Å². The van der Waals surface area contributed by atoms with E-state index in [0.29, 0.717) is 12.5 Å². The maximum atomic E-state index is 12.2. The largest absolute Gasteiger partial charge is 0.343 e. The standard InChI is InChI=1S/C13H24N2O2/c1-6-10(7-2)8-15-11(16)9(3)14-12(17)13(15,4)5/h9-10H,6-8H2,1-5H3,(H,14,17). The van der Waals surface area contributed by atoms with E-state index in [2.05, 4.69) is 19.2 Å². The second kappa shape index (κ2) is 5.07. The van der Waals surface area contributed by atoms with E-state index in [9.17, 15) is 9.59 Å². The van der Waals surface area contributed by atoms with Crippen molar-refractivity contribution in [3.63, 3.8) is 0 Å². The summed E-state index contributed by atoms with van der Waals surface area (Å²) >= 11 is 0. The van der Waals surface area contributed by atoms with Crippen LogP contribution in [0.4, 0.5) is 0 Å². The van der Waals surface area contributed by atoms with Gasteiger partial charge in [-0.3, -0.25) is 9.59 Å². The number of nitrogens with zero attached hydrogens (tertiary/aromatic N) is 1. The zero-order valence-corrected chi connectivity index (χ0v) is 11.5. The molecular weight excluding hydrogens is 216 g/mol. The van der Waals surface area contributed by atoms with Crippen molar-refractivity contribution in [3.05, 3.63) is 0 Å². The Morgan fingerprint density at radius 3 is 2.29 bits per heavy atom. The summed E-state index contributed by atoms with van der Waals surface area (Å²) in [5, 5.41) is 2.73. The Hall–Kier alpha value is -1.06. The smallest absolute Gasteiger partial charge is 0.246 e. The number of rotatable bonds is 4. The fraction of sp³-hybridized carbons (Fsp3) is 0.846. The lowest BCUT2D eigenvalue weighted by molar-refractivity contribution is -0.155. The van der Waals surface area contributed by atoms with Crippen LogP contribution in [-0.2, 0) is 9.59 Å². The molecule has 1 aliphatic heterocycles. The second-order valence-electron chi connectivity index (χ2n) is 5.39. The van der Waals surface area contributed by atoms with Gasteiger partial charge in [-0.2, -0.15) is 0 Å². The Morgan fingerprint density at radius 2 is 1.82 bits per heavy atom. The molecule has 0 aromatic rings. The minimum atomic E-state index is -0.730. The van der Waals surface area contributed by atoms with Gasteiger partial charge in [0.25, 0.3) is 0 Å². The van der Waals surface area contributed by atoms with Crippen molar-refractivity contribution in [2.45, 2.75) is 59.0 Å². The van der Waals surface area contributed by atoms with Crippen molar-refractivity contribution in [1.82, 2.24) is 10.2 Å². The molecule has 4 heteroatoms. The topological polar surface area (TPSA) is 49.4 Å². The normalized spacial score (nSPS) is 24.1. The summed E-state index contributed by atoms with van der Waals surface area (Å²) in [5.74, 6) is 0.438. The number of carbonyl (C=O) groups is 2. The zero-order valence-electron chi connectivity index (χ0n) is 11.5. The molecule has 0 saturated carbocycles. The molecule has 98 valence electrons. The third kappa shape index (κ3) is 2.61. The molecular formula is C13H24N2O2. The first-order chi connectivity index (χ1) is 7.84. The molecule has 1 fully saturated rings. The lowest BCUT2D eigenvalue weighted by atomic mass is 9.92. The zero-order chi connectivity index (χ0) is 13.2. The van der Waals surface area contributed by atoms with Crippen LogP contribution in [0.2, 0.25) is 0 Å². The summed E-state index contributed by atoms with van der Waals surface area (Å²) in [6.45, 7) is 10.3. The molecule has 4 nitrogen and oxygen atoms in total. The minimum absolute atomic E-state index is 0.0292. The van der Waals surface area contributed by atoms with Crippen LogP contribution in [0.25, 0.3) is 0 Å². The fourth-order valence-corrected chi connectivity index (χ4v) is 2.19. The van der Waals surface area contributed by atoms with Gasteiger partial charge in [0.15, 0.2) is 0 Å². The van der Waals surface area contributed by atoms with E-state index in [-0.39, 0.29) is 11.8 Å². The molecule has 1 N–H and O–H groups in total. The molecule has 1 unspecified atom stereocenters. The third-order valence-electron chi connectivity index (χ3n) is 3.81. The number of hydrogen-bond donors (Lipinski definition) is 1. The first-order valence-corrected chi connectivity index (χ1v) is 6.47. The van der Waals surface area contributed by atoms with Crippen molar-refractivity contribution < 1.29 is 9.59 Å². The summed E-state index contributed by atoms with van der Waals surface area (Å²) < 4.78 is 0. The highest BCUT2D eigenvalue weighted by Gasteiger charge is 2.44. The Kier molecular flexibility index (Phi) is 4.17. The Morgan fingerprint density at radius 1 is 1.29 bits per heavy atom. The van der Waals surface area contributed by atoms with E-state index >= 15 is 0 Å². The van der Waals surface area contributed by atoms with Crippen molar-refractivity contribution in [2.75, 3.05) is 6.54 Å². The average molecular weight is 240 g/mol. The number of hydrogen-bond acceptors (Lipinski definition) is 2. The predicted molar refractivity (Wildman–Crippen MR) is 67.5 cm³/mol. The van der Waals surface area contributed by atoms with Crippen LogP contribution >= 0.6 is 0 Å². The van der Waals surface area contributed by atoms with Crippen LogP contribution < -0.4 is 5.32 Å². The van der Waals surface area contributed by atoms with Crippen LogP contribution in [0.3, 0.4) is 0 Å². The van der Waals surface area contributed by atoms with Gasteiger partial charge in [-0.25, -0.2) is 0 Å². The van der Waals surface area contributed by atoms with Gasteiger partial charge in [0.2, 0.25) is 11.8 Å². The van der Waals surface area contributed by atoms with Crippen molar-refractivity contribution >= 4 is 11.8 Å². The lowest BCUT2D eigenvalue weighted by Gasteiger charge is -2.44. The van der Waals surface area contributed by atoms with E-state index < -0.39 is 11.6 Å². The molecule has 1 heterocycles. The van der Waals surface area contributed by atoms with Gasteiger partial charge >= 0.3 is 0 Å². The van der Waals surface area contributed by atoms with Gasteiger partial charge in [-0.15, -0.1) is 0 Å². The van der Waals surface area contributed by atoms with Crippen molar-refractivity contribution in [1.29, 1.82) is 0 Å². The number of amides is 2. The highest BCUT2D eigenvalue weighted by atomic mass is 16.2. The summed E-state index contributed by atoms with van der Waals surface area (Å²) in [5.41, 5.74) is -0.730. The van der Waals surface area contributed by atoms with E-state index in [1.54, 1.807) is 11.8 Å². The Labute approximate surface area is 104 Å². The minimum Gasteiger partial charge on any atom is -0.343 e. The first-order valence-electron chi connectivity index (χ1n) is 6.47. The van der Waals surface area contributed by atoms with E-state index in [1.165, 1.54) is 0 Å². The molecule has 0 bridgehead atoms. The Balaban J connectivity index is 2.91. The van der Waals surface area contributed by atoms with E-state index in [0.717, 1.165) is 12.8 Å². The molecule has 0 aromatic heterocycles. The maximum Gasteiger partial charge on any atom is 0.246 e. The predicted octanol–water partition coefficient (Wildman–Crippen LogP) is 1.55. The number of carbonyl (C=O) groups excluding carboxylic acids is 2. The summed E-state index contributed by atoms with van der Waals surface area (Å²) in [4.78, 5) is 25.8. The quantitative estimate of drug-likeness (QED) is 0.810. The van der Waals surface area contributed by atoms with E-state index in [4.69, 9.17) is 0 Å². The van der Waals surface area contributed by atoms with Gasteiger partial charge in [0.1, 0.15) is 11.6 Å². The van der Waals surface area contributed by atoms with Gasteiger partial charge in [0, 0.05) is 6.54 Å². The van der Waals surface area contributed by atoms with Gasteiger partial charge in [-0.05, 0) is 26.7 Å². The van der Waals surface area contributed by atoms with E-state index in [1.807, 2.05) is 13.8 Å². The van der Waals surface area contributed by atoms with Gasteiger partial charge in [0.05, 0.1) is 0 Å². The van der Waals surface area contributed by atoms with Gasteiger partial charge < -0.3 is 10.2 Å². The van der Waals surface area contributed by atoms with Crippen LogP contribution in [-0.4, -0.2) is 34.8 Å². The highest BCUT2D eigenvalue weighted by molar-refractivity contribution is 5.99. The summed E-state index contributed by atoms with van der Waals surface area (Å²) in [7, 11) is 0. The summed E-state index contributed by atoms with van der Waals surface area (Å²) in [6.07, 6.45) is 2.07. The molecule has 0 aliphatic carbocycles.